The fraction of sp³-hybridized carbons (Fsp3) is 0.462. The summed E-state index contributed by atoms with van der Waals surface area (Å²) in [7, 11) is 0. The van der Waals surface area contributed by atoms with E-state index in [2.05, 4.69) is 15.4 Å². The van der Waals surface area contributed by atoms with Crippen molar-refractivity contribution < 1.29 is 36.6 Å². The van der Waals surface area contributed by atoms with E-state index in [1.165, 1.54) is 4.57 Å². The van der Waals surface area contributed by atoms with Gasteiger partial charge >= 0.3 is 6.18 Å². The Morgan fingerprint density at radius 1 is 1.17 bits per heavy atom. The number of fused-ring (bicyclic) bond motifs is 1. The maximum absolute atomic E-state index is 14.1. The summed E-state index contributed by atoms with van der Waals surface area (Å²) in [5.74, 6) is -4.27. The van der Waals surface area contributed by atoms with Gasteiger partial charge in [0.15, 0.2) is 5.82 Å². The molecule has 0 radical (unpaired) electrons. The second-order valence-electron chi connectivity index (χ2n) is 10.0. The van der Waals surface area contributed by atoms with E-state index in [0.717, 1.165) is 10.1 Å². The molecule has 2 aliphatic heterocycles. The number of halogens is 5. The lowest BCUT2D eigenvalue weighted by Gasteiger charge is -2.37. The summed E-state index contributed by atoms with van der Waals surface area (Å²) in [4.78, 5) is 34.9. The molecule has 1 unspecified atom stereocenters. The zero-order chi connectivity index (χ0) is 30.3. The van der Waals surface area contributed by atoms with Crippen molar-refractivity contribution in [2.24, 2.45) is 0 Å². The molecule has 1 fully saturated rings. The Morgan fingerprint density at radius 2 is 1.83 bits per heavy atom. The van der Waals surface area contributed by atoms with Crippen molar-refractivity contribution in [2.75, 3.05) is 49.6 Å². The van der Waals surface area contributed by atoms with Crippen LogP contribution in [-0.2, 0) is 22.3 Å². The average Bonchev–Trinajstić information content (AvgIpc) is 3.37. The Kier molecular flexibility index (Phi) is 8.04. The number of aliphatic hydroxyl groups excluding tert-OH is 1. The molecule has 5 rings (SSSR count). The van der Waals surface area contributed by atoms with Crippen molar-refractivity contribution in [3.05, 3.63) is 57.3 Å². The third-order valence-electron chi connectivity index (χ3n) is 7.29. The number of benzene rings is 1. The maximum Gasteiger partial charge on any atom is 0.422 e. The quantitative estimate of drug-likeness (QED) is 0.417. The lowest BCUT2D eigenvalue weighted by Crippen LogP contribution is -2.51. The van der Waals surface area contributed by atoms with Gasteiger partial charge in [-0.15, -0.1) is 5.10 Å². The molecule has 3 aromatic rings. The number of amides is 1. The number of rotatable bonds is 6. The Balaban J connectivity index is 1.53. The van der Waals surface area contributed by atoms with E-state index < -0.39 is 53.3 Å². The molecule has 16 heteroatoms. The third-order valence-corrected chi connectivity index (χ3v) is 7.29. The molecule has 0 spiro atoms. The standard InChI is InChI=1S/C26H28F5N7O4/c1-14-22(36-7-5-35(6-8-36)15(2)39)24(41)38-25(33-23(34-38)16-3-9-42-10-4-16)37(14)13-20(40)32-17-11-18(27)21(19(28)12-17)26(29,30)31/h3,11-12,15,39H,4-10,13H2,1-2H3,(H,32,40). The van der Waals surface area contributed by atoms with Gasteiger partial charge in [0, 0.05) is 37.6 Å². The van der Waals surface area contributed by atoms with Gasteiger partial charge in [-0.05, 0) is 38.0 Å². The summed E-state index contributed by atoms with van der Waals surface area (Å²) >= 11 is 0. The first-order valence-corrected chi connectivity index (χ1v) is 13.2. The monoisotopic (exact) mass is 597 g/mol. The molecule has 1 atom stereocenters. The van der Waals surface area contributed by atoms with Crippen LogP contribution >= 0.6 is 0 Å². The van der Waals surface area contributed by atoms with E-state index in [-0.39, 0.29) is 17.3 Å². The first kappa shape index (κ1) is 29.6. The number of piperazine rings is 1. The predicted molar refractivity (Wildman–Crippen MR) is 141 cm³/mol. The van der Waals surface area contributed by atoms with E-state index in [1.54, 1.807) is 19.9 Å². The van der Waals surface area contributed by atoms with Crippen LogP contribution in [0.2, 0.25) is 0 Å². The van der Waals surface area contributed by atoms with Crippen LogP contribution in [0.5, 0.6) is 0 Å². The van der Waals surface area contributed by atoms with E-state index in [1.807, 2.05) is 9.80 Å². The normalized spacial score (nSPS) is 17.4. The highest BCUT2D eigenvalue weighted by atomic mass is 19.4. The number of ether oxygens (including phenoxy) is 1. The minimum atomic E-state index is -5.25. The largest absolute Gasteiger partial charge is 0.422 e. The molecule has 0 aliphatic carbocycles. The summed E-state index contributed by atoms with van der Waals surface area (Å²) in [5.41, 5.74) is -1.68. The van der Waals surface area contributed by atoms with Crippen molar-refractivity contribution in [1.82, 2.24) is 24.1 Å². The second kappa shape index (κ2) is 11.4. The highest BCUT2D eigenvalue weighted by Crippen LogP contribution is 2.35. The van der Waals surface area contributed by atoms with Crippen molar-refractivity contribution >= 4 is 28.6 Å². The Bertz CT molecular complexity index is 1580. The van der Waals surface area contributed by atoms with Crippen molar-refractivity contribution in [3.8, 4) is 0 Å². The number of hydrogen-bond acceptors (Lipinski definition) is 8. The first-order chi connectivity index (χ1) is 19.8. The van der Waals surface area contributed by atoms with E-state index in [4.69, 9.17) is 4.74 Å². The Hall–Kier alpha value is -3.89. The number of anilines is 2. The van der Waals surface area contributed by atoms with Crippen LogP contribution in [0, 0.1) is 18.6 Å². The number of aromatic nitrogens is 4. The minimum absolute atomic E-state index is 0.0335. The maximum atomic E-state index is 14.1. The topological polar surface area (TPSA) is 117 Å². The predicted octanol–water partition coefficient (Wildman–Crippen LogP) is 2.40. The summed E-state index contributed by atoms with van der Waals surface area (Å²) in [6, 6.07) is 0.773. The van der Waals surface area contributed by atoms with Crippen LogP contribution in [0.4, 0.5) is 33.3 Å². The molecule has 0 bridgehead atoms. The van der Waals surface area contributed by atoms with Gasteiger partial charge in [-0.1, -0.05) is 6.08 Å². The molecule has 0 saturated carbocycles. The molecule has 11 nitrogen and oxygen atoms in total. The van der Waals surface area contributed by atoms with Gasteiger partial charge in [0.1, 0.15) is 35.7 Å². The summed E-state index contributed by atoms with van der Waals surface area (Å²) in [5, 5.41) is 16.6. The van der Waals surface area contributed by atoms with Crippen molar-refractivity contribution in [1.29, 1.82) is 0 Å². The molecule has 1 saturated heterocycles. The number of aliphatic hydroxyl groups is 1. The van der Waals surface area contributed by atoms with Crippen LogP contribution in [-0.4, -0.2) is 80.7 Å². The van der Waals surface area contributed by atoms with Crippen LogP contribution in [0.25, 0.3) is 11.4 Å². The summed E-state index contributed by atoms with van der Waals surface area (Å²) in [6.45, 7) is 5.27. The lowest BCUT2D eigenvalue weighted by atomic mass is 10.1. The SMILES string of the molecule is Cc1c(N2CCN(C(C)O)CC2)c(=O)n2nc(C3=CCOCC3)nc2n1CC(=O)Nc1cc(F)c(C(F)(F)F)c(F)c1. The second-order valence-corrected chi connectivity index (χ2v) is 10.0. The molecule has 4 heterocycles. The van der Waals surface area contributed by atoms with Gasteiger partial charge in [-0.3, -0.25) is 14.5 Å². The Morgan fingerprint density at radius 3 is 2.40 bits per heavy atom. The van der Waals surface area contributed by atoms with Gasteiger partial charge in [0.2, 0.25) is 11.7 Å². The lowest BCUT2D eigenvalue weighted by molar-refractivity contribution is -0.142. The van der Waals surface area contributed by atoms with Crippen molar-refractivity contribution in [3.63, 3.8) is 0 Å². The number of carbonyl (C=O) groups is 1. The van der Waals surface area contributed by atoms with Gasteiger partial charge in [-0.25, -0.2) is 8.78 Å². The summed E-state index contributed by atoms with van der Waals surface area (Å²) < 4.78 is 74.9. The van der Waals surface area contributed by atoms with Crippen LogP contribution in [0.1, 0.15) is 30.4 Å². The van der Waals surface area contributed by atoms with Gasteiger partial charge in [0.05, 0.1) is 13.2 Å². The highest BCUT2D eigenvalue weighted by molar-refractivity contribution is 5.91. The molecule has 2 aliphatic rings. The van der Waals surface area contributed by atoms with Gasteiger partial charge in [0.25, 0.3) is 5.56 Å². The van der Waals surface area contributed by atoms with Gasteiger partial charge in [-0.2, -0.15) is 22.7 Å². The average molecular weight is 598 g/mol. The number of nitrogens with zero attached hydrogens (tertiary/aromatic N) is 6. The van der Waals surface area contributed by atoms with E-state index >= 15 is 0 Å². The Labute approximate surface area is 235 Å². The molecule has 1 amide bonds. The molecule has 1 aromatic carbocycles. The van der Waals surface area contributed by atoms with Gasteiger partial charge < -0.3 is 24.6 Å². The third kappa shape index (κ3) is 5.73. The zero-order valence-corrected chi connectivity index (χ0v) is 22.7. The molecule has 226 valence electrons. The number of alkyl halides is 3. The summed E-state index contributed by atoms with van der Waals surface area (Å²) in [6.07, 6.45) is -3.63. The smallest absolute Gasteiger partial charge is 0.379 e. The molecular weight excluding hydrogens is 569 g/mol. The van der Waals surface area contributed by atoms with Crippen LogP contribution in [0.3, 0.4) is 0 Å². The number of carbonyl (C=O) groups excluding carboxylic acids is 1. The zero-order valence-electron chi connectivity index (χ0n) is 22.7. The number of hydrogen-bond donors (Lipinski definition) is 2. The van der Waals surface area contributed by atoms with E-state index in [0.29, 0.717) is 63.6 Å². The molecular formula is C26H28F5N7O4. The highest BCUT2D eigenvalue weighted by Gasteiger charge is 2.38. The molecule has 42 heavy (non-hydrogen) atoms. The van der Waals surface area contributed by atoms with Crippen LogP contribution < -0.4 is 15.8 Å². The molecule has 2 aromatic heterocycles. The van der Waals surface area contributed by atoms with Crippen LogP contribution in [0.15, 0.2) is 23.0 Å². The number of nitrogens with one attached hydrogen (secondary N) is 1. The van der Waals surface area contributed by atoms with E-state index in [9.17, 15) is 36.6 Å². The van der Waals surface area contributed by atoms with Crippen molar-refractivity contribution in [2.45, 2.75) is 39.2 Å². The fourth-order valence-corrected chi connectivity index (χ4v) is 5.15. The molecule has 2 N–H and O–H groups in total. The fourth-order valence-electron chi connectivity index (χ4n) is 5.15. The first-order valence-electron chi connectivity index (χ1n) is 13.2. The minimum Gasteiger partial charge on any atom is -0.379 e.